The molecule has 0 spiro atoms. The minimum absolute atomic E-state index is 0.0472. The molecule has 3 heteroatoms. The van der Waals surface area contributed by atoms with Gasteiger partial charge in [-0.1, -0.05) is 18.2 Å². The second-order valence-electron chi connectivity index (χ2n) is 3.58. The lowest BCUT2D eigenvalue weighted by Crippen LogP contribution is -1.75. The molecule has 1 aromatic heterocycles. The van der Waals surface area contributed by atoms with Crippen LogP contribution < -0.4 is 0 Å². The summed E-state index contributed by atoms with van der Waals surface area (Å²) >= 11 is 0. The second-order valence-corrected chi connectivity index (χ2v) is 3.58. The van der Waals surface area contributed by atoms with E-state index < -0.39 is 0 Å². The zero-order valence-corrected chi connectivity index (χ0v) is 8.27. The van der Waals surface area contributed by atoms with E-state index in [2.05, 4.69) is 0 Å². The van der Waals surface area contributed by atoms with E-state index in [0.29, 0.717) is 5.58 Å². The normalized spacial score (nSPS) is 10.7. The first-order chi connectivity index (χ1) is 7.79. The summed E-state index contributed by atoms with van der Waals surface area (Å²) in [5.74, 6) is -0.0472. The van der Waals surface area contributed by atoms with Crippen molar-refractivity contribution in [3.8, 4) is 11.8 Å². The molecule has 0 aliphatic rings. The Hall–Kier alpha value is -2.47. The Morgan fingerprint density at radius 1 is 1.06 bits per heavy atom. The van der Waals surface area contributed by atoms with Gasteiger partial charge in [-0.25, -0.2) is 0 Å². The number of furan rings is 1. The first-order valence-electron chi connectivity index (χ1n) is 4.84. The minimum Gasteiger partial charge on any atom is -0.506 e. The number of phenolic OH excluding ortho intramolecular Hbond substituents is 1. The van der Waals surface area contributed by atoms with Gasteiger partial charge >= 0.3 is 0 Å². The Kier molecular flexibility index (Phi) is 1.66. The van der Waals surface area contributed by atoms with Gasteiger partial charge < -0.3 is 9.52 Å². The zero-order chi connectivity index (χ0) is 11.1. The molecule has 3 rings (SSSR count). The van der Waals surface area contributed by atoms with Crippen LogP contribution in [0.15, 0.2) is 40.8 Å². The van der Waals surface area contributed by atoms with Crippen LogP contribution in [0, 0.1) is 11.3 Å². The molecule has 0 saturated heterocycles. The Bertz CT molecular complexity index is 735. The first kappa shape index (κ1) is 8.81. The third kappa shape index (κ3) is 1.07. The molecule has 0 atom stereocenters. The highest BCUT2D eigenvalue weighted by molar-refractivity contribution is 6.05. The summed E-state index contributed by atoms with van der Waals surface area (Å²) in [7, 11) is 0. The number of nitrogens with zero attached hydrogens (tertiary/aromatic N) is 1. The molecule has 0 aliphatic carbocycles. The Morgan fingerprint density at radius 2 is 1.88 bits per heavy atom. The molecule has 0 fully saturated rings. The fraction of sp³-hybridized carbons (Fsp3) is 0. The van der Waals surface area contributed by atoms with E-state index in [4.69, 9.17) is 9.68 Å². The summed E-state index contributed by atoms with van der Waals surface area (Å²) in [6, 6.07) is 12.7. The average Bonchev–Trinajstić information content (AvgIpc) is 2.65. The number of hydrogen-bond acceptors (Lipinski definition) is 3. The molecule has 3 aromatic rings. The smallest absolute Gasteiger partial charge is 0.139 e. The lowest BCUT2D eigenvalue weighted by molar-refractivity contribution is 0.473. The molecule has 2 aromatic carbocycles. The average molecular weight is 209 g/mol. The van der Waals surface area contributed by atoms with E-state index in [1.54, 1.807) is 6.07 Å². The zero-order valence-electron chi connectivity index (χ0n) is 8.27. The van der Waals surface area contributed by atoms with Gasteiger partial charge in [-0.15, -0.1) is 0 Å². The highest BCUT2D eigenvalue weighted by Crippen LogP contribution is 2.32. The monoisotopic (exact) mass is 209 g/mol. The Morgan fingerprint density at radius 3 is 2.69 bits per heavy atom. The SMILES string of the molecule is N#Cc1cc2c(cc1O)oc1ccccc12. The fourth-order valence-corrected chi connectivity index (χ4v) is 1.85. The van der Waals surface area contributed by atoms with Crippen LogP contribution in [0.5, 0.6) is 5.75 Å². The van der Waals surface area contributed by atoms with E-state index in [1.807, 2.05) is 30.3 Å². The standard InChI is InChI=1S/C13H7NO2/c14-7-8-5-10-9-3-1-2-4-12(9)16-13(10)6-11(8)15/h1-6,15H. The minimum atomic E-state index is -0.0472. The molecule has 1 heterocycles. The lowest BCUT2D eigenvalue weighted by Gasteiger charge is -1.94. The maximum atomic E-state index is 9.55. The Labute approximate surface area is 91.1 Å². The number of benzene rings is 2. The van der Waals surface area contributed by atoms with Crippen molar-refractivity contribution < 1.29 is 9.52 Å². The number of fused-ring (bicyclic) bond motifs is 3. The highest BCUT2D eigenvalue weighted by atomic mass is 16.3. The highest BCUT2D eigenvalue weighted by Gasteiger charge is 2.10. The molecule has 1 N–H and O–H groups in total. The molecule has 3 nitrogen and oxygen atoms in total. The molecule has 0 radical (unpaired) electrons. The van der Waals surface area contributed by atoms with Gasteiger partial charge in [0.05, 0.1) is 5.56 Å². The van der Waals surface area contributed by atoms with Gasteiger partial charge in [0.2, 0.25) is 0 Å². The van der Waals surface area contributed by atoms with E-state index in [1.165, 1.54) is 6.07 Å². The van der Waals surface area contributed by atoms with Crippen LogP contribution in [-0.2, 0) is 0 Å². The summed E-state index contributed by atoms with van der Waals surface area (Å²) in [6.45, 7) is 0. The Balaban J connectivity index is 2.53. The van der Waals surface area contributed by atoms with Gasteiger partial charge in [0.25, 0.3) is 0 Å². The van der Waals surface area contributed by atoms with Crippen LogP contribution in [-0.4, -0.2) is 5.11 Å². The lowest BCUT2D eigenvalue weighted by atomic mass is 10.1. The summed E-state index contributed by atoms with van der Waals surface area (Å²) in [6.07, 6.45) is 0. The predicted octanol–water partition coefficient (Wildman–Crippen LogP) is 3.16. The maximum absolute atomic E-state index is 9.55. The van der Waals surface area contributed by atoms with E-state index in [0.717, 1.165) is 16.4 Å². The van der Waals surface area contributed by atoms with Gasteiger partial charge in [-0.2, -0.15) is 5.26 Å². The molecule has 0 amide bonds. The van der Waals surface area contributed by atoms with E-state index >= 15 is 0 Å². The summed E-state index contributed by atoms with van der Waals surface area (Å²) in [5, 5.41) is 20.2. The summed E-state index contributed by atoms with van der Waals surface area (Å²) in [5.41, 5.74) is 1.61. The molecule has 0 aliphatic heterocycles. The van der Waals surface area contributed by atoms with Gasteiger partial charge in [0.1, 0.15) is 23.0 Å². The van der Waals surface area contributed by atoms with Gasteiger partial charge in [-0.3, -0.25) is 0 Å². The number of para-hydroxylation sites is 1. The maximum Gasteiger partial charge on any atom is 0.139 e. The van der Waals surface area contributed by atoms with Crippen molar-refractivity contribution >= 4 is 21.9 Å². The number of phenols is 1. The molecule has 0 bridgehead atoms. The second kappa shape index (κ2) is 3.01. The third-order valence-electron chi connectivity index (χ3n) is 2.62. The molecule has 0 saturated carbocycles. The van der Waals surface area contributed by atoms with Crippen LogP contribution in [0.4, 0.5) is 0 Å². The molecular formula is C13H7NO2. The van der Waals surface area contributed by atoms with Crippen molar-refractivity contribution in [3.05, 3.63) is 42.0 Å². The molecule has 76 valence electrons. The number of nitriles is 1. The van der Waals surface area contributed by atoms with E-state index in [9.17, 15) is 5.11 Å². The van der Waals surface area contributed by atoms with Gasteiger partial charge in [0.15, 0.2) is 0 Å². The van der Waals surface area contributed by atoms with Crippen molar-refractivity contribution in [1.82, 2.24) is 0 Å². The van der Waals surface area contributed by atoms with Gasteiger partial charge in [-0.05, 0) is 12.1 Å². The number of hydrogen-bond donors (Lipinski definition) is 1. The van der Waals surface area contributed by atoms with Crippen molar-refractivity contribution in [2.45, 2.75) is 0 Å². The number of aromatic hydroxyl groups is 1. The van der Waals surface area contributed by atoms with Crippen LogP contribution in [0.2, 0.25) is 0 Å². The molecule has 0 unspecified atom stereocenters. The van der Waals surface area contributed by atoms with Crippen molar-refractivity contribution in [3.63, 3.8) is 0 Å². The third-order valence-corrected chi connectivity index (χ3v) is 2.62. The first-order valence-corrected chi connectivity index (χ1v) is 4.84. The number of rotatable bonds is 0. The predicted molar refractivity (Wildman–Crippen MR) is 60.1 cm³/mol. The van der Waals surface area contributed by atoms with Crippen LogP contribution >= 0.6 is 0 Å². The summed E-state index contributed by atoms with van der Waals surface area (Å²) in [4.78, 5) is 0. The molecule has 16 heavy (non-hydrogen) atoms. The fourth-order valence-electron chi connectivity index (χ4n) is 1.85. The quantitative estimate of drug-likeness (QED) is 0.618. The topological polar surface area (TPSA) is 57.2 Å². The largest absolute Gasteiger partial charge is 0.506 e. The van der Waals surface area contributed by atoms with Crippen molar-refractivity contribution in [2.24, 2.45) is 0 Å². The van der Waals surface area contributed by atoms with Crippen molar-refractivity contribution in [2.75, 3.05) is 0 Å². The van der Waals surface area contributed by atoms with Crippen molar-refractivity contribution in [1.29, 1.82) is 5.26 Å². The van der Waals surface area contributed by atoms with E-state index in [-0.39, 0.29) is 11.3 Å². The van der Waals surface area contributed by atoms with Crippen LogP contribution in [0.3, 0.4) is 0 Å². The van der Waals surface area contributed by atoms with Gasteiger partial charge in [0, 0.05) is 16.8 Å². The summed E-state index contributed by atoms with van der Waals surface area (Å²) < 4.78 is 5.56. The molecular weight excluding hydrogens is 202 g/mol. The van der Waals surface area contributed by atoms with Crippen LogP contribution in [0.25, 0.3) is 21.9 Å². The van der Waals surface area contributed by atoms with Crippen LogP contribution in [0.1, 0.15) is 5.56 Å².